The average Bonchev–Trinajstić information content (AvgIpc) is 2.82. The van der Waals surface area contributed by atoms with Crippen molar-refractivity contribution in [1.82, 2.24) is 0 Å². The molecule has 19 heavy (non-hydrogen) atoms. The molecule has 1 unspecified atom stereocenters. The second-order valence-electron chi connectivity index (χ2n) is 4.51. The van der Waals surface area contributed by atoms with Gasteiger partial charge in [0, 0.05) is 10.9 Å². The SMILES string of the molecule is CCC(N)Cc1cccc(OCc2ccc(Br)s2)c1. The maximum absolute atomic E-state index is 5.98. The molecule has 2 nitrogen and oxygen atoms in total. The average molecular weight is 340 g/mol. The standard InChI is InChI=1S/C15H18BrNOS/c1-2-12(17)8-11-4-3-5-13(9-11)18-10-14-6-7-15(16)19-14/h3-7,9,12H,2,8,10,17H2,1H3. The summed E-state index contributed by atoms with van der Waals surface area (Å²) < 4.78 is 6.94. The van der Waals surface area contributed by atoms with Gasteiger partial charge in [0.25, 0.3) is 0 Å². The third-order valence-corrected chi connectivity index (χ3v) is 4.53. The minimum Gasteiger partial charge on any atom is -0.488 e. The lowest BCUT2D eigenvalue weighted by Gasteiger charge is -2.10. The summed E-state index contributed by atoms with van der Waals surface area (Å²) in [6.45, 7) is 2.72. The van der Waals surface area contributed by atoms with Gasteiger partial charge in [0.15, 0.2) is 0 Å². The molecule has 0 saturated carbocycles. The highest BCUT2D eigenvalue weighted by Crippen LogP contribution is 2.24. The summed E-state index contributed by atoms with van der Waals surface area (Å²) in [6.07, 6.45) is 1.90. The first-order valence-electron chi connectivity index (χ1n) is 6.39. The van der Waals surface area contributed by atoms with Crippen molar-refractivity contribution >= 4 is 27.3 Å². The van der Waals surface area contributed by atoms with Crippen LogP contribution in [0.1, 0.15) is 23.8 Å². The lowest BCUT2D eigenvalue weighted by atomic mass is 10.0. The predicted octanol–water partition coefficient (Wildman–Crippen LogP) is 4.37. The monoisotopic (exact) mass is 339 g/mol. The number of thiophene rings is 1. The Labute approximate surface area is 126 Å². The van der Waals surface area contributed by atoms with Crippen LogP contribution in [0.2, 0.25) is 0 Å². The van der Waals surface area contributed by atoms with Crippen LogP contribution in [0.25, 0.3) is 0 Å². The summed E-state index contributed by atoms with van der Waals surface area (Å²) in [7, 11) is 0. The molecule has 1 aromatic carbocycles. The highest BCUT2D eigenvalue weighted by atomic mass is 79.9. The van der Waals surface area contributed by atoms with Crippen LogP contribution in [0.3, 0.4) is 0 Å². The minimum absolute atomic E-state index is 0.225. The summed E-state index contributed by atoms with van der Waals surface area (Å²) in [5.74, 6) is 0.908. The normalized spacial score (nSPS) is 12.4. The third kappa shape index (κ3) is 4.64. The molecule has 0 saturated heterocycles. The van der Waals surface area contributed by atoms with E-state index >= 15 is 0 Å². The Morgan fingerprint density at radius 2 is 2.16 bits per heavy atom. The molecule has 0 aliphatic carbocycles. The molecule has 0 bridgehead atoms. The van der Waals surface area contributed by atoms with E-state index in [1.165, 1.54) is 10.4 Å². The van der Waals surface area contributed by atoms with Crippen LogP contribution in [0, 0.1) is 0 Å². The Morgan fingerprint density at radius 3 is 2.84 bits per heavy atom. The number of hydrogen-bond acceptors (Lipinski definition) is 3. The van der Waals surface area contributed by atoms with Gasteiger partial charge in [-0.2, -0.15) is 0 Å². The van der Waals surface area contributed by atoms with Gasteiger partial charge in [-0.15, -0.1) is 11.3 Å². The molecule has 0 fully saturated rings. The molecule has 1 heterocycles. The number of rotatable bonds is 6. The Hall–Kier alpha value is -0.840. The number of halogens is 1. The largest absolute Gasteiger partial charge is 0.488 e. The summed E-state index contributed by atoms with van der Waals surface area (Å²) >= 11 is 5.15. The van der Waals surface area contributed by atoms with Crippen molar-refractivity contribution < 1.29 is 4.74 Å². The Balaban J connectivity index is 1.95. The molecule has 2 rings (SSSR count). The Kier molecular flexibility index (Phi) is 5.43. The fourth-order valence-corrected chi connectivity index (χ4v) is 3.19. The van der Waals surface area contributed by atoms with Crippen molar-refractivity contribution in [2.45, 2.75) is 32.4 Å². The number of ether oxygens (including phenoxy) is 1. The summed E-state index contributed by atoms with van der Waals surface area (Å²) in [5, 5.41) is 0. The van der Waals surface area contributed by atoms with E-state index in [0.717, 1.165) is 22.4 Å². The van der Waals surface area contributed by atoms with E-state index in [4.69, 9.17) is 10.5 Å². The topological polar surface area (TPSA) is 35.2 Å². The first-order chi connectivity index (χ1) is 9.17. The Morgan fingerprint density at radius 1 is 1.32 bits per heavy atom. The van der Waals surface area contributed by atoms with Crippen LogP contribution >= 0.6 is 27.3 Å². The zero-order valence-corrected chi connectivity index (χ0v) is 13.3. The molecule has 2 aromatic rings. The van der Waals surface area contributed by atoms with Crippen molar-refractivity contribution in [2.24, 2.45) is 5.73 Å². The first kappa shape index (κ1) is 14.6. The van der Waals surface area contributed by atoms with Gasteiger partial charge in [-0.25, -0.2) is 0 Å². The highest BCUT2D eigenvalue weighted by Gasteiger charge is 2.04. The quantitative estimate of drug-likeness (QED) is 0.847. The van der Waals surface area contributed by atoms with Crippen molar-refractivity contribution in [3.63, 3.8) is 0 Å². The van der Waals surface area contributed by atoms with E-state index in [-0.39, 0.29) is 6.04 Å². The lowest BCUT2D eigenvalue weighted by molar-refractivity contribution is 0.309. The maximum Gasteiger partial charge on any atom is 0.122 e. The van der Waals surface area contributed by atoms with Gasteiger partial charge in [0.05, 0.1) is 3.79 Å². The minimum atomic E-state index is 0.225. The van der Waals surface area contributed by atoms with Crippen LogP contribution < -0.4 is 10.5 Å². The molecule has 0 aliphatic rings. The van der Waals surface area contributed by atoms with Gasteiger partial charge in [0.1, 0.15) is 12.4 Å². The van der Waals surface area contributed by atoms with Crippen molar-refractivity contribution in [1.29, 1.82) is 0 Å². The second kappa shape index (κ2) is 7.08. The second-order valence-corrected chi connectivity index (χ2v) is 7.06. The molecule has 0 amide bonds. The van der Waals surface area contributed by atoms with E-state index in [1.54, 1.807) is 11.3 Å². The number of benzene rings is 1. The van der Waals surface area contributed by atoms with E-state index in [9.17, 15) is 0 Å². The number of nitrogens with two attached hydrogens (primary N) is 1. The molecular formula is C15H18BrNOS. The summed E-state index contributed by atoms with van der Waals surface area (Å²) in [4.78, 5) is 1.21. The predicted molar refractivity (Wildman–Crippen MR) is 84.8 cm³/mol. The lowest BCUT2D eigenvalue weighted by Crippen LogP contribution is -2.21. The maximum atomic E-state index is 5.98. The van der Waals surface area contributed by atoms with Crippen molar-refractivity contribution in [2.75, 3.05) is 0 Å². The summed E-state index contributed by atoms with van der Waals surface area (Å²) in [5.41, 5.74) is 7.21. The molecular weight excluding hydrogens is 322 g/mol. The first-order valence-corrected chi connectivity index (χ1v) is 8.00. The van der Waals surface area contributed by atoms with Crippen LogP contribution in [0.15, 0.2) is 40.2 Å². The third-order valence-electron chi connectivity index (χ3n) is 2.93. The van der Waals surface area contributed by atoms with Gasteiger partial charge in [-0.05, 0) is 58.6 Å². The van der Waals surface area contributed by atoms with Crippen LogP contribution in [-0.2, 0) is 13.0 Å². The van der Waals surface area contributed by atoms with Gasteiger partial charge in [-0.3, -0.25) is 0 Å². The zero-order chi connectivity index (χ0) is 13.7. The molecule has 2 N–H and O–H groups in total. The van der Waals surface area contributed by atoms with Crippen LogP contribution in [-0.4, -0.2) is 6.04 Å². The van der Waals surface area contributed by atoms with E-state index in [2.05, 4.69) is 41.1 Å². The Bertz CT molecular complexity index is 526. The molecule has 4 heteroatoms. The summed E-state index contributed by atoms with van der Waals surface area (Å²) in [6, 6.07) is 12.5. The molecule has 1 atom stereocenters. The highest BCUT2D eigenvalue weighted by molar-refractivity contribution is 9.11. The smallest absolute Gasteiger partial charge is 0.122 e. The molecule has 1 aromatic heterocycles. The van der Waals surface area contributed by atoms with Crippen molar-refractivity contribution in [3.8, 4) is 5.75 Å². The molecule has 0 radical (unpaired) electrons. The molecule has 102 valence electrons. The number of hydrogen-bond donors (Lipinski definition) is 1. The van der Waals surface area contributed by atoms with Gasteiger partial charge >= 0.3 is 0 Å². The molecule has 0 aliphatic heterocycles. The zero-order valence-electron chi connectivity index (χ0n) is 10.9. The van der Waals surface area contributed by atoms with Crippen molar-refractivity contribution in [3.05, 3.63) is 50.6 Å². The van der Waals surface area contributed by atoms with Gasteiger partial charge < -0.3 is 10.5 Å². The van der Waals surface area contributed by atoms with Crippen LogP contribution in [0.5, 0.6) is 5.75 Å². The fraction of sp³-hybridized carbons (Fsp3) is 0.333. The van der Waals surface area contributed by atoms with E-state index in [0.29, 0.717) is 6.61 Å². The van der Waals surface area contributed by atoms with Gasteiger partial charge in [-0.1, -0.05) is 19.1 Å². The van der Waals surface area contributed by atoms with E-state index < -0.39 is 0 Å². The van der Waals surface area contributed by atoms with Crippen LogP contribution in [0.4, 0.5) is 0 Å². The van der Waals surface area contributed by atoms with Gasteiger partial charge in [0.2, 0.25) is 0 Å². The fourth-order valence-electron chi connectivity index (χ4n) is 1.79. The van der Waals surface area contributed by atoms with E-state index in [1.807, 2.05) is 18.2 Å². The molecule has 0 spiro atoms.